The fourth-order valence-corrected chi connectivity index (χ4v) is 10.4. The first-order valence-electron chi connectivity index (χ1n) is 17.0. The van der Waals surface area contributed by atoms with Crippen molar-refractivity contribution in [3.63, 3.8) is 0 Å². The number of aliphatic hydroxyl groups is 1. The third kappa shape index (κ3) is 6.92. The molecule has 40 heavy (non-hydrogen) atoms. The summed E-state index contributed by atoms with van der Waals surface area (Å²) < 4.78 is 5.42. The molecule has 4 saturated carbocycles. The van der Waals surface area contributed by atoms with E-state index >= 15 is 0 Å². The van der Waals surface area contributed by atoms with Gasteiger partial charge in [0.1, 0.15) is 0 Å². The van der Waals surface area contributed by atoms with Crippen LogP contribution in [0.2, 0.25) is 0 Å². The van der Waals surface area contributed by atoms with E-state index in [4.69, 9.17) is 10.5 Å². The zero-order chi connectivity index (χ0) is 29.1. The molecule has 10 atom stereocenters. The van der Waals surface area contributed by atoms with E-state index in [9.17, 15) is 9.90 Å². The van der Waals surface area contributed by atoms with Crippen molar-refractivity contribution in [2.45, 2.75) is 130 Å². The van der Waals surface area contributed by atoms with Gasteiger partial charge in [0.05, 0.1) is 12.2 Å². The number of fused-ring (bicyclic) bond motifs is 5. The number of hydrogen-bond acceptors (Lipinski definition) is 6. The maximum Gasteiger partial charge on any atom is 0.306 e. The van der Waals surface area contributed by atoms with Gasteiger partial charge < -0.3 is 25.8 Å². The Kier molecular flexibility index (Phi) is 11.1. The summed E-state index contributed by atoms with van der Waals surface area (Å²) in [5, 5.41) is 15.6. The van der Waals surface area contributed by atoms with Gasteiger partial charge in [0.25, 0.3) is 0 Å². The molecule has 0 aliphatic heterocycles. The summed E-state index contributed by atoms with van der Waals surface area (Å²) in [4.78, 5) is 14.6. The maximum absolute atomic E-state index is 12.2. The maximum atomic E-state index is 12.2. The quantitative estimate of drug-likeness (QED) is 0.200. The van der Waals surface area contributed by atoms with Crippen molar-refractivity contribution in [2.24, 2.45) is 52.1 Å². The van der Waals surface area contributed by atoms with Gasteiger partial charge in [-0.1, -0.05) is 20.8 Å². The number of ether oxygens (including phenoxy) is 1. The molecule has 0 aromatic heterocycles. The summed E-state index contributed by atoms with van der Waals surface area (Å²) in [6.07, 6.45) is 13.4. The molecular formula is C34H63N3O3. The van der Waals surface area contributed by atoms with E-state index in [0.717, 1.165) is 45.4 Å². The van der Waals surface area contributed by atoms with Crippen LogP contribution in [0, 0.1) is 46.3 Å². The first-order valence-corrected chi connectivity index (χ1v) is 17.0. The van der Waals surface area contributed by atoms with Crippen molar-refractivity contribution < 1.29 is 14.6 Å². The number of esters is 1. The Morgan fingerprint density at radius 1 is 1.02 bits per heavy atom. The SMILES string of the molecule is CC(C)OC(=O)CC[C@@H](C)[C@H]1CCC2C3C(CC[C@@]21C)[C@@]1(C)CC[C@H](NCCCN(C)CCCN)CC1C[C@H]3O. The van der Waals surface area contributed by atoms with Crippen LogP contribution < -0.4 is 11.1 Å². The van der Waals surface area contributed by atoms with Crippen LogP contribution in [0.1, 0.15) is 112 Å². The lowest BCUT2D eigenvalue weighted by Crippen LogP contribution is -2.59. The van der Waals surface area contributed by atoms with E-state index < -0.39 is 0 Å². The number of nitrogens with two attached hydrogens (primary N) is 1. The molecule has 0 aromatic carbocycles. The van der Waals surface area contributed by atoms with E-state index in [2.05, 4.69) is 38.0 Å². The zero-order valence-electron chi connectivity index (χ0n) is 26.8. The van der Waals surface area contributed by atoms with Crippen LogP contribution in [-0.2, 0) is 9.53 Å². The number of nitrogens with zero attached hydrogens (tertiary/aromatic N) is 1. The smallest absolute Gasteiger partial charge is 0.306 e. The van der Waals surface area contributed by atoms with E-state index in [1.807, 2.05) is 13.8 Å². The lowest BCUT2D eigenvalue weighted by Gasteiger charge is -2.62. The lowest BCUT2D eigenvalue weighted by molar-refractivity contribution is -0.167. The molecule has 6 nitrogen and oxygen atoms in total. The van der Waals surface area contributed by atoms with Crippen molar-refractivity contribution >= 4 is 5.97 Å². The van der Waals surface area contributed by atoms with Crippen molar-refractivity contribution in [3.05, 3.63) is 0 Å². The highest BCUT2D eigenvalue weighted by atomic mass is 16.5. The zero-order valence-corrected chi connectivity index (χ0v) is 26.8. The second kappa shape index (κ2) is 13.7. The predicted molar refractivity (Wildman–Crippen MR) is 164 cm³/mol. The summed E-state index contributed by atoms with van der Waals surface area (Å²) in [6, 6.07) is 0.601. The molecule has 0 heterocycles. The number of aliphatic hydroxyl groups excluding tert-OH is 1. The molecule has 4 unspecified atom stereocenters. The Labute approximate surface area is 245 Å². The lowest BCUT2D eigenvalue weighted by atomic mass is 9.43. The highest BCUT2D eigenvalue weighted by Gasteiger charge is 2.62. The molecule has 0 radical (unpaired) electrons. The minimum Gasteiger partial charge on any atom is -0.463 e. The molecule has 232 valence electrons. The first kappa shape index (κ1) is 32.2. The van der Waals surface area contributed by atoms with E-state index in [1.54, 1.807) is 0 Å². The fraction of sp³-hybridized carbons (Fsp3) is 0.971. The minimum atomic E-state index is -0.155. The molecule has 0 amide bonds. The van der Waals surface area contributed by atoms with Gasteiger partial charge in [-0.25, -0.2) is 0 Å². The molecular weight excluding hydrogens is 498 g/mol. The Morgan fingerprint density at radius 3 is 2.45 bits per heavy atom. The highest BCUT2D eigenvalue weighted by Crippen LogP contribution is 2.68. The number of rotatable bonds is 13. The van der Waals surface area contributed by atoms with Crippen LogP contribution >= 0.6 is 0 Å². The van der Waals surface area contributed by atoms with Gasteiger partial charge in [0, 0.05) is 12.5 Å². The highest BCUT2D eigenvalue weighted by molar-refractivity contribution is 5.69. The van der Waals surface area contributed by atoms with Gasteiger partial charge in [-0.3, -0.25) is 4.79 Å². The van der Waals surface area contributed by atoms with Crippen molar-refractivity contribution in [2.75, 3.05) is 33.2 Å². The van der Waals surface area contributed by atoms with Gasteiger partial charge in [-0.15, -0.1) is 0 Å². The average molecular weight is 562 g/mol. The molecule has 4 fully saturated rings. The van der Waals surface area contributed by atoms with Crippen molar-refractivity contribution in [1.82, 2.24) is 10.2 Å². The second-order valence-corrected chi connectivity index (χ2v) is 15.3. The number of carbonyl (C=O) groups is 1. The molecule has 0 spiro atoms. The summed E-state index contributed by atoms with van der Waals surface area (Å²) in [6.45, 7) is 15.5. The van der Waals surface area contributed by atoms with E-state index in [0.29, 0.717) is 58.8 Å². The van der Waals surface area contributed by atoms with E-state index in [-0.39, 0.29) is 18.2 Å². The minimum absolute atomic E-state index is 0.0334. The van der Waals surface area contributed by atoms with Crippen LogP contribution in [0.3, 0.4) is 0 Å². The molecule has 0 bridgehead atoms. The molecule has 0 aromatic rings. The molecule has 4 rings (SSSR count). The van der Waals surface area contributed by atoms with E-state index in [1.165, 1.54) is 51.4 Å². The van der Waals surface area contributed by atoms with Crippen LogP contribution in [0.15, 0.2) is 0 Å². The number of nitrogens with one attached hydrogen (secondary N) is 1. The van der Waals surface area contributed by atoms with Crippen LogP contribution in [0.4, 0.5) is 0 Å². The summed E-state index contributed by atoms with van der Waals surface area (Å²) in [5.74, 6) is 3.50. The largest absolute Gasteiger partial charge is 0.463 e. The molecule has 4 aliphatic carbocycles. The molecule has 4 aliphatic rings. The monoisotopic (exact) mass is 561 g/mol. The Balaban J connectivity index is 1.32. The molecule has 4 N–H and O–H groups in total. The third-order valence-electron chi connectivity index (χ3n) is 12.5. The van der Waals surface area contributed by atoms with Gasteiger partial charge in [0.15, 0.2) is 0 Å². The Morgan fingerprint density at radius 2 is 1.73 bits per heavy atom. The topological polar surface area (TPSA) is 87.8 Å². The van der Waals surface area contributed by atoms with Crippen LogP contribution in [0.5, 0.6) is 0 Å². The number of hydrogen-bond donors (Lipinski definition) is 3. The first-order chi connectivity index (χ1) is 19.0. The Hall–Kier alpha value is -0.690. The fourth-order valence-electron chi connectivity index (χ4n) is 10.4. The molecule has 6 heteroatoms. The van der Waals surface area contributed by atoms with Gasteiger partial charge in [0.2, 0.25) is 0 Å². The van der Waals surface area contributed by atoms with Crippen LogP contribution in [-0.4, -0.2) is 67.5 Å². The predicted octanol–water partition coefficient (Wildman–Crippen LogP) is 5.61. The summed E-state index contributed by atoms with van der Waals surface area (Å²) >= 11 is 0. The molecule has 0 saturated heterocycles. The van der Waals surface area contributed by atoms with Gasteiger partial charge >= 0.3 is 5.97 Å². The average Bonchev–Trinajstić information content (AvgIpc) is 3.26. The van der Waals surface area contributed by atoms with Gasteiger partial charge in [-0.05, 0) is 164 Å². The Bertz CT molecular complexity index is 822. The normalized spacial score (nSPS) is 40.0. The standard InChI is InChI=1S/C34H63N3O3/c1-23(2)40-31(39)12-9-24(3)27-10-11-28-32-29(14-16-34(27,28)5)33(4)15-13-26(21-25(33)22-30(32)38)36-18-8-20-37(6)19-7-17-35/h23-30,32,36,38H,7-22,35H2,1-6H3/t24-,25?,26+,27-,28?,29?,30-,32?,33+,34-/m1/s1. The van der Waals surface area contributed by atoms with Gasteiger partial charge in [-0.2, -0.15) is 0 Å². The summed E-state index contributed by atoms with van der Waals surface area (Å²) in [5.41, 5.74) is 6.32. The van der Waals surface area contributed by atoms with Crippen molar-refractivity contribution in [1.29, 1.82) is 0 Å². The third-order valence-corrected chi connectivity index (χ3v) is 12.5. The second-order valence-electron chi connectivity index (χ2n) is 15.3. The number of carbonyl (C=O) groups excluding carboxylic acids is 1. The summed E-state index contributed by atoms with van der Waals surface area (Å²) in [7, 11) is 2.20. The van der Waals surface area contributed by atoms with Crippen LogP contribution in [0.25, 0.3) is 0 Å². The van der Waals surface area contributed by atoms with Crippen molar-refractivity contribution in [3.8, 4) is 0 Å².